The molecule has 1 heterocycles. The molecule has 0 spiro atoms. The number of nitrogens with zero attached hydrogens (tertiary/aromatic N) is 2. The van der Waals surface area contributed by atoms with Gasteiger partial charge in [-0.15, -0.1) is 0 Å². The van der Waals surface area contributed by atoms with Crippen molar-refractivity contribution in [2.24, 2.45) is 46.3 Å². The fraction of sp³-hybridized carbons (Fsp3) is 0.852. The Bertz CT molecular complexity index is 742. The number of carbonyl (C=O) groups is 1. The minimum Gasteiger partial charge on any atom is -0.297 e. The maximum absolute atomic E-state index is 13.3. The van der Waals surface area contributed by atoms with Crippen molar-refractivity contribution in [1.82, 2.24) is 9.78 Å². The summed E-state index contributed by atoms with van der Waals surface area (Å²) in [6.07, 6.45) is 17.4. The van der Waals surface area contributed by atoms with Crippen LogP contribution in [0.4, 0.5) is 0 Å². The van der Waals surface area contributed by atoms with Gasteiger partial charge >= 0.3 is 0 Å². The molecule has 0 aliphatic heterocycles. The fourth-order valence-electron chi connectivity index (χ4n) is 9.17. The molecular weight excluding hydrogens is 368 g/mol. The predicted octanol–water partition coefficient (Wildman–Crippen LogP) is 6.77. The van der Waals surface area contributed by atoms with Crippen molar-refractivity contribution in [2.75, 3.05) is 0 Å². The zero-order chi connectivity index (χ0) is 20.2. The number of ketones is 1. The average Bonchev–Trinajstić information content (AvgIpc) is 3.34. The van der Waals surface area contributed by atoms with Crippen LogP contribution in [0, 0.1) is 46.3 Å². The second kappa shape index (κ2) is 8.10. The van der Waals surface area contributed by atoms with Gasteiger partial charge in [0.05, 0.1) is 6.54 Å². The van der Waals surface area contributed by atoms with Gasteiger partial charge in [0.25, 0.3) is 0 Å². The molecule has 4 saturated carbocycles. The molecule has 0 saturated heterocycles. The van der Waals surface area contributed by atoms with Crippen LogP contribution < -0.4 is 0 Å². The number of aromatic nitrogens is 2. The van der Waals surface area contributed by atoms with Gasteiger partial charge in [0.1, 0.15) is 0 Å². The summed E-state index contributed by atoms with van der Waals surface area (Å²) in [5.41, 5.74) is 0.850. The molecule has 0 bridgehead atoms. The first kappa shape index (κ1) is 22.1. The second-order valence-corrected chi connectivity index (χ2v) is 11.5. The Hall–Kier alpha value is -1.12. The van der Waals surface area contributed by atoms with E-state index >= 15 is 0 Å². The van der Waals surface area contributed by atoms with Gasteiger partial charge in [0, 0.05) is 18.3 Å². The van der Waals surface area contributed by atoms with Crippen LogP contribution in [0.2, 0.25) is 0 Å². The maximum Gasteiger partial charge on any atom is 0.157 e. The van der Waals surface area contributed by atoms with Crippen LogP contribution in [0.25, 0.3) is 0 Å². The highest BCUT2D eigenvalue weighted by atomic mass is 16.1. The van der Waals surface area contributed by atoms with Gasteiger partial charge < -0.3 is 0 Å². The largest absolute Gasteiger partial charge is 0.297 e. The molecule has 3 heteroatoms. The molecule has 1 aromatic heterocycles. The van der Waals surface area contributed by atoms with Crippen LogP contribution in [-0.2, 0) is 11.3 Å². The molecule has 3 nitrogen and oxygen atoms in total. The van der Waals surface area contributed by atoms with E-state index in [1.54, 1.807) is 6.20 Å². The molecule has 0 amide bonds. The fourth-order valence-corrected chi connectivity index (χ4v) is 9.17. The number of hydrogen-bond donors (Lipinski definition) is 0. The second-order valence-electron chi connectivity index (χ2n) is 11.5. The minimum atomic E-state index is 0. The predicted molar refractivity (Wildman–Crippen MR) is 123 cm³/mol. The lowest BCUT2D eigenvalue weighted by atomic mass is 9.43. The van der Waals surface area contributed by atoms with E-state index in [0.29, 0.717) is 17.7 Å². The van der Waals surface area contributed by atoms with Crippen molar-refractivity contribution < 1.29 is 4.79 Å². The van der Waals surface area contributed by atoms with E-state index in [2.05, 4.69) is 25.9 Å². The van der Waals surface area contributed by atoms with E-state index in [9.17, 15) is 4.79 Å². The van der Waals surface area contributed by atoms with Crippen molar-refractivity contribution in [3.8, 4) is 0 Å². The molecular formula is C27H44N2O. The molecule has 4 aliphatic rings. The van der Waals surface area contributed by atoms with E-state index in [1.807, 2.05) is 16.9 Å². The van der Waals surface area contributed by atoms with Crippen LogP contribution in [0.1, 0.15) is 92.4 Å². The Morgan fingerprint density at radius 2 is 1.93 bits per heavy atom. The quantitative estimate of drug-likeness (QED) is 0.546. The van der Waals surface area contributed by atoms with Gasteiger partial charge in [-0.2, -0.15) is 5.10 Å². The number of fused-ring (bicyclic) bond motifs is 5. The minimum absolute atomic E-state index is 0. The molecule has 0 aromatic carbocycles. The lowest BCUT2D eigenvalue weighted by Gasteiger charge is -2.62. The summed E-state index contributed by atoms with van der Waals surface area (Å²) < 4.78 is 1.82. The highest BCUT2D eigenvalue weighted by molar-refractivity contribution is 5.82. The lowest BCUT2D eigenvalue weighted by molar-refractivity contribution is -0.141. The summed E-state index contributed by atoms with van der Waals surface area (Å²) in [5, 5.41) is 4.29. The maximum atomic E-state index is 13.3. The standard InChI is InChI=1S/C26H40N2O.CH4/c1-4-26-13-10-18(2)16-19(26)6-7-20-21-8-9-23(25(21,3)12-11-22(20)26)24(29)17-28-15-5-14-27-28;/h5,14-15,18-23H,4,6-13,16-17H2,1-3H3;1H4. The molecule has 1 aromatic rings. The van der Waals surface area contributed by atoms with Gasteiger partial charge in [0.2, 0.25) is 0 Å². The molecule has 30 heavy (non-hydrogen) atoms. The topological polar surface area (TPSA) is 34.9 Å². The zero-order valence-electron chi connectivity index (χ0n) is 18.8. The number of carbonyl (C=O) groups excluding carboxylic acids is 1. The smallest absolute Gasteiger partial charge is 0.157 e. The van der Waals surface area contributed by atoms with Gasteiger partial charge in [-0.05, 0) is 104 Å². The third-order valence-corrected chi connectivity index (χ3v) is 10.6. The van der Waals surface area contributed by atoms with Crippen molar-refractivity contribution in [1.29, 1.82) is 0 Å². The Morgan fingerprint density at radius 3 is 2.67 bits per heavy atom. The zero-order valence-corrected chi connectivity index (χ0v) is 18.8. The normalized spacial score (nSPS) is 45.0. The van der Waals surface area contributed by atoms with Gasteiger partial charge in [-0.25, -0.2) is 0 Å². The van der Waals surface area contributed by atoms with Crippen LogP contribution >= 0.6 is 0 Å². The summed E-state index contributed by atoms with van der Waals surface area (Å²) in [4.78, 5) is 13.3. The molecule has 4 aliphatic carbocycles. The Morgan fingerprint density at radius 1 is 1.10 bits per heavy atom. The average molecular weight is 413 g/mol. The SMILES string of the molecule is C.CCC12CCC(C)CC1CCC1C3CCC(C(=O)Cn4cccn4)C3(C)CCC12. The first-order valence-corrected chi connectivity index (χ1v) is 12.5. The van der Waals surface area contributed by atoms with Gasteiger partial charge in [0.15, 0.2) is 5.78 Å². The summed E-state index contributed by atoms with van der Waals surface area (Å²) in [6, 6.07) is 1.92. The van der Waals surface area contributed by atoms with Crippen molar-refractivity contribution in [3.05, 3.63) is 18.5 Å². The molecule has 0 N–H and O–H groups in total. The van der Waals surface area contributed by atoms with Crippen LogP contribution in [0.3, 0.4) is 0 Å². The van der Waals surface area contributed by atoms with Crippen molar-refractivity contribution in [3.63, 3.8) is 0 Å². The van der Waals surface area contributed by atoms with Crippen LogP contribution in [0.5, 0.6) is 0 Å². The third-order valence-electron chi connectivity index (χ3n) is 10.6. The summed E-state index contributed by atoms with van der Waals surface area (Å²) in [5.74, 6) is 5.16. The molecule has 0 radical (unpaired) electrons. The monoisotopic (exact) mass is 412 g/mol. The lowest BCUT2D eigenvalue weighted by Crippen LogP contribution is -2.54. The van der Waals surface area contributed by atoms with Gasteiger partial charge in [-0.3, -0.25) is 9.48 Å². The highest BCUT2D eigenvalue weighted by Gasteiger charge is 2.61. The van der Waals surface area contributed by atoms with E-state index in [0.717, 1.165) is 36.0 Å². The first-order chi connectivity index (χ1) is 14.0. The number of Topliss-reactive ketones (excluding diaryl/α,β-unsaturated/α-hetero) is 1. The van der Waals surface area contributed by atoms with E-state index in [1.165, 1.54) is 57.8 Å². The number of hydrogen-bond acceptors (Lipinski definition) is 2. The molecule has 4 fully saturated rings. The molecule has 8 atom stereocenters. The van der Waals surface area contributed by atoms with Crippen molar-refractivity contribution >= 4 is 5.78 Å². The third kappa shape index (κ3) is 3.21. The van der Waals surface area contributed by atoms with Crippen LogP contribution in [-0.4, -0.2) is 15.6 Å². The summed E-state index contributed by atoms with van der Waals surface area (Å²) >= 11 is 0. The van der Waals surface area contributed by atoms with E-state index in [4.69, 9.17) is 0 Å². The molecule has 8 unspecified atom stereocenters. The summed E-state index contributed by atoms with van der Waals surface area (Å²) in [7, 11) is 0. The summed E-state index contributed by atoms with van der Waals surface area (Å²) in [6.45, 7) is 7.92. The molecule has 168 valence electrons. The Kier molecular flexibility index (Phi) is 5.96. The first-order valence-electron chi connectivity index (χ1n) is 12.5. The molecule has 5 rings (SSSR count). The highest BCUT2D eigenvalue weighted by Crippen LogP contribution is 2.68. The van der Waals surface area contributed by atoms with E-state index in [-0.39, 0.29) is 18.8 Å². The van der Waals surface area contributed by atoms with E-state index < -0.39 is 0 Å². The number of rotatable bonds is 4. The Balaban J connectivity index is 0.00000218. The van der Waals surface area contributed by atoms with Gasteiger partial charge in [-0.1, -0.05) is 34.6 Å². The van der Waals surface area contributed by atoms with Crippen LogP contribution in [0.15, 0.2) is 18.5 Å². The van der Waals surface area contributed by atoms with Crippen molar-refractivity contribution in [2.45, 2.75) is 99.0 Å². The Labute approximate surface area is 184 Å².